The molecule has 2 heteroatoms. The highest BCUT2D eigenvalue weighted by Gasteiger charge is 2.15. The molecule has 1 aromatic rings. The number of ketones is 1. The lowest BCUT2D eigenvalue weighted by Crippen LogP contribution is -2.31. The van der Waals surface area contributed by atoms with E-state index in [0.29, 0.717) is 12.2 Å². The minimum atomic E-state index is 0.306. The van der Waals surface area contributed by atoms with E-state index in [2.05, 4.69) is 24.0 Å². The Balaban J connectivity index is 1.99. The SMILES string of the molecule is Cc1cc(C)c(C(=O)CCN2CCCCC2)c(C)c1. The maximum atomic E-state index is 12.4. The lowest BCUT2D eigenvalue weighted by Gasteiger charge is -2.26. The molecule has 0 amide bonds. The number of hydrogen-bond acceptors (Lipinski definition) is 2. The third-order valence-corrected chi connectivity index (χ3v) is 4.06. The lowest BCUT2D eigenvalue weighted by atomic mass is 9.95. The van der Waals surface area contributed by atoms with Crippen LogP contribution in [0, 0.1) is 20.8 Å². The number of aryl methyl sites for hydroxylation is 3. The first-order chi connectivity index (χ1) is 9.08. The summed E-state index contributed by atoms with van der Waals surface area (Å²) in [5.74, 6) is 0.306. The summed E-state index contributed by atoms with van der Waals surface area (Å²) in [6, 6.07) is 4.22. The molecule has 0 saturated carbocycles. The van der Waals surface area contributed by atoms with E-state index in [1.165, 1.54) is 37.9 Å². The third-order valence-electron chi connectivity index (χ3n) is 4.06. The van der Waals surface area contributed by atoms with Crippen molar-refractivity contribution in [3.8, 4) is 0 Å². The van der Waals surface area contributed by atoms with Gasteiger partial charge in [-0.15, -0.1) is 0 Å². The van der Waals surface area contributed by atoms with Gasteiger partial charge < -0.3 is 4.90 Å². The van der Waals surface area contributed by atoms with Crippen LogP contribution >= 0.6 is 0 Å². The first-order valence-corrected chi connectivity index (χ1v) is 7.41. The molecule has 0 atom stereocenters. The average molecular weight is 259 g/mol. The summed E-state index contributed by atoms with van der Waals surface area (Å²) < 4.78 is 0. The van der Waals surface area contributed by atoms with E-state index in [9.17, 15) is 4.79 Å². The second-order valence-electron chi connectivity index (χ2n) is 5.85. The van der Waals surface area contributed by atoms with Gasteiger partial charge in [0.1, 0.15) is 0 Å². The summed E-state index contributed by atoms with van der Waals surface area (Å²) in [6.07, 6.45) is 4.58. The molecular formula is C17H25NO. The molecule has 1 fully saturated rings. The largest absolute Gasteiger partial charge is 0.303 e. The van der Waals surface area contributed by atoms with E-state index < -0.39 is 0 Å². The maximum absolute atomic E-state index is 12.4. The van der Waals surface area contributed by atoms with Crippen LogP contribution in [-0.2, 0) is 0 Å². The predicted octanol–water partition coefficient (Wildman–Crippen LogP) is 3.67. The maximum Gasteiger partial charge on any atom is 0.164 e. The Labute approximate surface area is 116 Å². The molecule has 0 aromatic heterocycles. The van der Waals surface area contributed by atoms with Crippen LogP contribution in [-0.4, -0.2) is 30.3 Å². The lowest BCUT2D eigenvalue weighted by molar-refractivity contribution is 0.0957. The second-order valence-corrected chi connectivity index (χ2v) is 5.85. The molecule has 0 radical (unpaired) electrons. The molecule has 1 saturated heterocycles. The van der Waals surface area contributed by atoms with Crippen LogP contribution in [0.4, 0.5) is 0 Å². The van der Waals surface area contributed by atoms with E-state index in [4.69, 9.17) is 0 Å². The minimum Gasteiger partial charge on any atom is -0.303 e. The Bertz CT molecular complexity index is 435. The van der Waals surface area contributed by atoms with Crippen LogP contribution in [0.5, 0.6) is 0 Å². The molecule has 1 aliphatic heterocycles. The molecule has 1 aliphatic rings. The quantitative estimate of drug-likeness (QED) is 0.769. The second kappa shape index (κ2) is 6.33. The van der Waals surface area contributed by atoms with Crippen molar-refractivity contribution < 1.29 is 4.79 Å². The van der Waals surface area contributed by atoms with Crippen LogP contribution in [0.1, 0.15) is 52.7 Å². The molecule has 1 heterocycles. The van der Waals surface area contributed by atoms with Crippen molar-refractivity contribution in [2.24, 2.45) is 0 Å². The smallest absolute Gasteiger partial charge is 0.164 e. The number of benzene rings is 1. The molecule has 0 aliphatic carbocycles. The van der Waals surface area contributed by atoms with E-state index in [1.807, 2.05) is 13.8 Å². The molecular weight excluding hydrogens is 234 g/mol. The number of piperidine rings is 1. The van der Waals surface area contributed by atoms with Gasteiger partial charge in [0.15, 0.2) is 5.78 Å². The van der Waals surface area contributed by atoms with Crippen molar-refractivity contribution in [2.45, 2.75) is 46.5 Å². The highest BCUT2D eigenvalue weighted by molar-refractivity contribution is 5.99. The number of nitrogens with zero attached hydrogens (tertiary/aromatic N) is 1. The summed E-state index contributed by atoms with van der Waals surface area (Å²) in [5.41, 5.74) is 4.44. The van der Waals surface area contributed by atoms with Gasteiger partial charge in [-0.3, -0.25) is 4.79 Å². The van der Waals surface area contributed by atoms with Crippen molar-refractivity contribution >= 4 is 5.78 Å². The van der Waals surface area contributed by atoms with E-state index in [0.717, 1.165) is 23.2 Å². The van der Waals surface area contributed by atoms with Crippen molar-refractivity contribution in [3.63, 3.8) is 0 Å². The van der Waals surface area contributed by atoms with Crippen LogP contribution in [0.2, 0.25) is 0 Å². The van der Waals surface area contributed by atoms with Crippen molar-refractivity contribution in [1.29, 1.82) is 0 Å². The monoisotopic (exact) mass is 259 g/mol. The Morgan fingerprint density at radius 1 is 1.05 bits per heavy atom. The van der Waals surface area contributed by atoms with E-state index >= 15 is 0 Å². The molecule has 0 bridgehead atoms. The average Bonchev–Trinajstić information content (AvgIpc) is 2.36. The molecule has 0 unspecified atom stereocenters. The molecule has 1 aromatic carbocycles. The molecule has 0 spiro atoms. The van der Waals surface area contributed by atoms with Gasteiger partial charge in [-0.2, -0.15) is 0 Å². The van der Waals surface area contributed by atoms with E-state index in [1.54, 1.807) is 0 Å². The highest BCUT2D eigenvalue weighted by atomic mass is 16.1. The van der Waals surface area contributed by atoms with Gasteiger partial charge >= 0.3 is 0 Å². The van der Waals surface area contributed by atoms with Crippen LogP contribution in [0.3, 0.4) is 0 Å². The molecule has 19 heavy (non-hydrogen) atoms. The Kier molecular flexibility index (Phi) is 4.76. The summed E-state index contributed by atoms with van der Waals surface area (Å²) in [7, 11) is 0. The molecule has 0 N–H and O–H groups in total. The fourth-order valence-corrected chi connectivity index (χ4v) is 3.19. The summed E-state index contributed by atoms with van der Waals surface area (Å²) >= 11 is 0. The van der Waals surface area contributed by atoms with Crippen LogP contribution in [0.25, 0.3) is 0 Å². The Hall–Kier alpha value is -1.15. The van der Waals surface area contributed by atoms with Gasteiger partial charge in [0.2, 0.25) is 0 Å². The van der Waals surface area contributed by atoms with Gasteiger partial charge in [-0.1, -0.05) is 24.1 Å². The minimum absolute atomic E-state index is 0.306. The third kappa shape index (κ3) is 3.66. The summed E-state index contributed by atoms with van der Waals surface area (Å²) in [5, 5.41) is 0. The normalized spacial score (nSPS) is 16.6. The van der Waals surface area contributed by atoms with Gasteiger partial charge in [0, 0.05) is 18.5 Å². The van der Waals surface area contributed by atoms with Gasteiger partial charge in [-0.25, -0.2) is 0 Å². The Morgan fingerprint density at radius 3 is 2.21 bits per heavy atom. The summed E-state index contributed by atoms with van der Waals surface area (Å²) in [4.78, 5) is 14.8. The Morgan fingerprint density at radius 2 is 1.63 bits per heavy atom. The topological polar surface area (TPSA) is 20.3 Å². The zero-order chi connectivity index (χ0) is 13.8. The number of hydrogen-bond donors (Lipinski definition) is 0. The van der Waals surface area contributed by atoms with Crippen molar-refractivity contribution in [2.75, 3.05) is 19.6 Å². The molecule has 2 rings (SSSR count). The fraction of sp³-hybridized carbons (Fsp3) is 0.588. The number of likely N-dealkylation sites (tertiary alicyclic amines) is 1. The first kappa shape index (κ1) is 14.3. The fourth-order valence-electron chi connectivity index (χ4n) is 3.19. The van der Waals surface area contributed by atoms with Crippen LogP contribution in [0.15, 0.2) is 12.1 Å². The van der Waals surface area contributed by atoms with Gasteiger partial charge in [0.25, 0.3) is 0 Å². The number of Topliss-reactive ketones (excluding diaryl/α,β-unsaturated/α-hetero) is 1. The molecule has 2 nitrogen and oxygen atoms in total. The van der Waals surface area contributed by atoms with Crippen LogP contribution < -0.4 is 0 Å². The molecule has 104 valence electrons. The van der Waals surface area contributed by atoms with Gasteiger partial charge in [0.05, 0.1) is 0 Å². The van der Waals surface area contributed by atoms with Gasteiger partial charge in [-0.05, 0) is 57.8 Å². The number of carbonyl (C=O) groups excluding carboxylic acids is 1. The number of rotatable bonds is 4. The zero-order valence-corrected chi connectivity index (χ0v) is 12.5. The summed E-state index contributed by atoms with van der Waals surface area (Å²) in [6.45, 7) is 9.44. The zero-order valence-electron chi connectivity index (χ0n) is 12.5. The number of carbonyl (C=O) groups is 1. The highest BCUT2D eigenvalue weighted by Crippen LogP contribution is 2.19. The predicted molar refractivity (Wildman–Crippen MR) is 79.9 cm³/mol. The van der Waals surface area contributed by atoms with E-state index in [-0.39, 0.29) is 0 Å². The van der Waals surface area contributed by atoms with Crippen molar-refractivity contribution in [3.05, 3.63) is 34.4 Å². The standard InChI is InChI=1S/C17H25NO/c1-13-11-14(2)17(15(3)12-13)16(19)7-10-18-8-5-4-6-9-18/h11-12H,4-10H2,1-3H3. The van der Waals surface area contributed by atoms with Crippen molar-refractivity contribution in [1.82, 2.24) is 4.90 Å². The first-order valence-electron chi connectivity index (χ1n) is 7.41.